The topological polar surface area (TPSA) is 18.5 Å². The molecule has 2 aromatic carbocycles. The molecule has 6 heteroatoms. The molecule has 2 rings (SSSR count). The first-order chi connectivity index (χ1) is 10.5. The molecule has 0 aromatic heterocycles. The zero-order valence-electron chi connectivity index (χ0n) is 11.8. The van der Waals surface area contributed by atoms with E-state index in [0.717, 1.165) is 0 Å². The second kappa shape index (κ2) is 7.47. The Labute approximate surface area is 149 Å². The number of benzene rings is 2. The second-order valence-electron chi connectivity index (χ2n) is 4.32. The minimum absolute atomic E-state index is 0.0566. The highest BCUT2D eigenvalue weighted by Gasteiger charge is 2.19. The Morgan fingerprint density at radius 3 is 1.50 bits per heavy atom. The first-order valence-corrected chi connectivity index (χ1v) is 7.72. The molecule has 0 aliphatic rings. The standard InChI is InChI=1S/C16H12Cl4O2/c1-21-13-5-3-9(17)7-11(13)15(16(19)20)12-8-10(18)4-6-14(12)22-2/h3-8H,1-2H3. The highest BCUT2D eigenvalue weighted by atomic mass is 35.5. The number of ether oxygens (including phenoxy) is 2. The minimum Gasteiger partial charge on any atom is -0.496 e. The van der Waals surface area contributed by atoms with Crippen LogP contribution < -0.4 is 9.47 Å². The van der Waals surface area contributed by atoms with Gasteiger partial charge in [0.25, 0.3) is 0 Å². The largest absolute Gasteiger partial charge is 0.496 e. The van der Waals surface area contributed by atoms with E-state index in [1.54, 1.807) is 50.6 Å². The number of methoxy groups -OCH3 is 2. The van der Waals surface area contributed by atoms with E-state index in [4.69, 9.17) is 55.9 Å². The molecule has 0 heterocycles. The summed E-state index contributed by atoms with van der Waals surface area (Å²) < 4.78 is 10.8. The van der Waals surface area contributed by atoms with Crippen LogP contribution in [-0.2, 0) is 0 Å². The van der Waals surface area contributed by atoms with Gasteiger partial charge in [-0.25, -0.2) is 0 Å². The van der Waals surface area contributed by atoms with Gasteiger partial charge in [0.05, 0.1) is 14.2 Å². The van der Waals surface area contributed by atoms with Crippen molar-refractivity contribution in [2.75, 3.05) is 14.2 Å². The molecule has 22 heavy (non-hydrogen) atoms. The molecule has 0 radical (unpaired) electrons. The Kier molecular flexibility index (Phi) is 5.87. The summed E-state index contributed by atoms with van der Waals surface area (Å²) in [5, 5.41) is 1.06. The molecule has 116 valence electrons. The Morgan fingerprint density at radius 2 is 1.18 bits per heavy atom. The van der Waals surface area contributed by atoms with Crippen molar-refractivity contribution in [3.63, 3.8) is 0 Å². The van der Waals surface area contributed by atoms with Crippen LogP contribution in [0.3, 0.4) is 0 Å². The van der Waals surface area contributed by atoms with Gasteiger partial charge in [-0.05, 0) is 36.4 Å². The van der Waals surface area contributed by atoms with E-state index in [-0.39, 0.29) is 4.49 Å². The van der Waals surface area contributed by atoms with Crippen LogP contribution in [0.1, 0.15) is 11.1 Å². The van der Waals surface area contributed by atoms with Gasteiger partial charge in [0, 0.05) is 26.7 Å². The van der Waals surface area contributed by atoms with Crippen LogP contribution in [-0.4, -0.2) is 14.2 Å². The van der Waals surface area contributed by atoms with E-state index in [0.29, 0.717) is 38.2 Å². The van der Waals surface area contributed by atoms with Gasteiger partial charge < -0.3 is 9.47 Å². The Balaban J connectivity index is 2.76. The van der Waals surface area contributed by atoms with Crippen LogP contribution in [0.15, 0.2) is 40.9 Å². The fraction of sp³-hybridized carbons (Fsp3) is 0.125. The van der Waals surface area contributed by atoms with Gasteiger partial charge in [0.15, 0.2) is 0 Å². The predicted molar refractivity (Wildman–Crippen MR) is 93.7 cm³/mol. The molecule has 0 bridgehead atoms. The molecule has 2 nitrogen and oxygen atoms in total. The fourth-order valence-corrected chi connectivity index (χ4v) is 2.85. The second-order valence-corrected chi connectivity index (χ2v) is 6.15. The summed E-state index contributed by atoms with van der Waals surface area (Å²) in [5.74, 6) is 1.17. The monoisotopic (exact) mass is 376 g/mol. The van der Waals surface area contributed by atoms with E-state index >= 15 is 0 Å². The molecule has 0 N–H and O–H groups in total. The van der Waals surface area contributed by atoms with E-state index in [1.165, 1.54) is 0 Å². The summed E-state index contributed by atoms with van der Waals surface area (Å²) in [7, 11) is 3.11. The van der Waals surface area contributed by atoms with Gasteiger partial charge in [-0.15, -0.1) is 0 Å². The first-order valence-electron chi connectivity index (χ1n) is 6.21. The van der Waals surface area contributed by atoms with Gasteiger partial charge in [0.2, 0.25) is 0 Å². The molecule has 0 spiro atoms. The maximum absolute atomic E-state index is 6.12. The van der Waals surface area contributed by atoms with Crippen LogP contribution >= 0.6 is 46.4 Å². The number of rotatable bonds is 4. The molecular weight excluding hydrogens is 366 g/mol. The van der Waals surface area contributed by atoms with Crippen molar-refractivity contribution in [2.45, 2.75) is 0 Å². The minimum atomic E-state index is 0.0566. The SMILES string of the molecule is COc1ccc(Cl)cc1C(=C(Cl)Cl)c1cc(Cl)ccc1OC. The summed E-state index contributed by atoms with van der Waals surface area (Å²) in [4.78, 5) is 0. The lowest BCUT2D eigenvalue weighted by Gasteiger charge is -2.16. The fourth-order valence-electron chi connectivity index (χ4n) is 2.10. The van der Waals surface area contributed by atoms with E-state index < -0.39 is 0 Å². The van der Waals surface area contributed by atoms with Crippen LogP contribution in [0.2, 0.25) is 10.0 Å². The molecule has 0 fully saturated rings. The average molecular weight is 378 g/mol. The van der Waals surface area contributed by atoms with Crippen molar-refractivity contribution in [1.82, 2.24) is 0 Å². The summed E-state index contributed by atoms with van der Waals surface area (Å²) in [6.45, 7) is 0. The van der Waals surface area contributed by atoms with E-state index in [9.17, 15) is 0 Å². The molecule has 0 saturated heterocycles. The first kappa shape index (κ1) is 17.3. The molecular formula is C16H12Cl4O2. The third kappa shape index (κ3) is 3.64. The smallest absolute Gasteiger partial charge is 0.126 e. The van der Waals surface area contributed by atoms with Crippen molar-refractivity contribution in [3.8, 4) is 11.5 Å². The molecule has 0 unspecified atom stereocenters. The molecule has 0 saturated carbocycles. The number of hydrogen-bond donors (Lipinski definition) is 0. The van der Waals surface area contributed by atoms with Gasteiger partial charge in [0.1, 0.15) is 16.0 Å². The van der Waals surface area contributed by atoms with Crippen LogP contribution in [0.5, 0.6) is 11.5 Å². The van der Waals surface area contributed by atoms with Crippen molar-refractivity contribution < 1.29 is 9.47 Å². The van der Waals surface area contributed by atoms with Gasteiger partial charge in [-0.1, -0.05) is 46.4 Å². The molecule has 0 amide bonds. The molecule has 0 aliphatic carbocycles. The summed E-state index contributed by atoms with van der Waals surface area (Å²) in [5.41, 5.74) is 1.83. The van der Waals surface area contributed by atoms with Crippen LogP contribution in [0, 0.1) is 0 Å². The number of hydrogen-bond acceptors (Lipinski definition) is 2. The van der Waals surface area contributed by atoms with E-state index in [2.05, 4.69) is 0 Å². The van der Waals surface area contributed by atoms with Crippen LogP contribution in [0.25, 0.3) is 5.57 Å². The third-order valence-corrected chi connectivity index (χ3v) is 3.90. The lowest BCUT2D eigenvalue weighted by Crippen LogP contribution is -1.97. The van der Waals surface area contributed by atoms with Gasteiger partial charge in [-0.2, -0.15) is 0 Å². The predicted octanol–water partition coefficient (Wildman–Crippen LogP) is 6.21. The van der Waals surface area contributed by atoms with Crippen molar-refractivity contribution in [2.24, 2.45) is 0 Å². The third-order valence-electron chi connectivity index (χ3n) is 3.05. The average Bonchev–Trinajstić information content (AvgIpc) is 2.47. The zero-order valence-corrected chi connectivity index (χ0v) is 14.8. The highest BCUT2D eigenvalue weighted by molar-refractivity contribution is 6.59. The molecule has 0 atom stereocenters. The Morgan fingerprint density at radius 1 is 0.773 bits per heavy atom. The van der Waals surface area contributed by atoms with Crippen LogP contribution in [0.4, 0.5) is 0 Å². The highest BCUT2D eigenvalue weighted by Crippen LogP contribution is 2.41. The molecule has 2 aromatic rings. The summed E-state index contributed by atoms with van der Waals surface area (Å²) >= 11 is 24.4. The van der Waals surface area contributed by atoms with Gasteiger partial charge >= 0.3 is 0 Å². The zero-order chi connectivity index (χ0) is 16.3. The Hall–Kier alpha value is -1.06. The lowest BCUT2D eigenvalue weighted by molar-refractivity contribution is 0.411. The summed E-state index contributed by atoms with van der Waals surface area (Å²) in [6.07, 6.45) is 0. The van der Waals surface area contributed by atoms with Crippen molar-refractivity contribution in [1.29, 1.82) is 0 Å². The summed E-state index contributed by atoms with van der Waals surface area (Å²) in [6, 6.07) is 10.4. The lowest BCUT2D eigenvalue weighted by atomic mass is 9.97. The van der Waals surface area contributed by atoms with Crippen molar-refractivity contribution in [3.05, 3.63) is 62.1 Å². The molecule has 0 aliphatic heterocycles. The maximum Gasteiger partial charge on any atom is 0.126 e. The van der Waals surface area contributed by atoms with Gasteiger partial charge in [-0.3, -0.25) is 0 Å². The number of halogens is 4. The maximum atomic E-state index is 6.12. The quantitative estimate of drug-likeness (QED) is 0.630. The van der Waals surface area contributed by atoms with E-state index in [1.807, 2.05) is 0 Å². The Bertz CT molecular complexity index is 667. The van der Waals surface area contributed by atoms with Crippen molar-refractivity contribution >= 4 is 52.0 Å². The normalized spacial score (nSPS) is 10.3.